The van der Waals surface area contributed by atoms with E-state index in [2.05, 4.69) is 29.2 Å². The van der Waals surface area contributed by atoms with Crippen LogP contribution in [0.25, 0.3) is 0 Å². The van der Waals surface area contributed by atoms with Crippen LogP contribution in [0.2, 0.25) is 0 Å². The summed E-state index contributed by atoms with van der Waals surface area (Å²) in [6, 6.07) is 9.44. The van der Waals surface area contributed by atoms with Crippen molar-refractivity contribution in [1.29, 1.82) is 0 Å². The predicted molar refractivity (Wildman–Crippen MR) is 86.3 cm³/mol. The van der Waals surface area contributed by atoms with Crippen LogP contribution in [0.15, 0.2) is 24.3 Å². The van der Waals surface area contributed by atoms with E-state index in [4.69, 9.17) is 10.5 Å². The van der Waals surface area contributed by atoms with Crippen molar-refractivity contribution >= 4 is 0 Å². The molecule has 0 radical (unpaired) electrons. The molecule has 3 rings (SSSR count). The van der Waals surface area contributed by atoms with Gasteiger partial charge in [0.15, 0.2) is 0 Å². The van der Waals surface area contributed by atoms with Crippen molar-refractivity contribution < 1.29 is 4.74 Å². The molecule has 1 heterocycles. The fourth-order valence-corrected chi connectivity index (χ4v) is 4.07. The molecule has 21 heavy (non-hydrogen) atoms. The lowest BCUT2D eigenvalue weighted by molar-refractivity contribution is 0.0696. The van der Waals surface area contributed by atoms with Crippen molar-refractivity contribution in [2.45, 2.75) is 44.2 Å². The number of likely N-dealkylation sites (tertiary alicyclic amines) is 1. The van der Waals surface area contributed by atoms with E-state index in [-0.39, 0.29) is 6.04 Å². The topological polar surface area (TPSA) is 38.5 Å². The lowest BCUT2D eigenvalue weighted by Gasteiger charge is -2.39. The van der Waals surface area contributed by atoms with E-state index in [1.165, 1.54) is 56.3 Å². The summed E-state index contributed by atoms with van der Waals surface area (Å²) in [6.07, 6.45) is 6.16. The van der Waals surface area contributed by atoms with Crippen LogP contribution in [0.3, 0.4) is 0 Å². The van der Waals surface area contributed by atoms with Gasteiger partial charge >= 0.3 is 0 Å². The third-order valence-corrected chi connectivity index (χ3v) is 5.30. The van der Waals surface area contributed by atoms with Crippen molar-refractivity contribution in [3.05, 3.63) is 35.4 Å². The zero-order valence-corrected chi connectivity index (χ0v) is 13.1. The molecule has 1 aromatic carbocycles. The van der Waals surface area contributed by atoms with E-state index >= 15 is 0 Å². The number of methoxy groups -OCH3 is 1. The van der Waals surface area contributed by atoms with Crippen molar-refractivity contribution in [3.63, 3.8) is 0 Å². The van der Waals surface area contributed by atoms with Crippen molar-refractivity contribution in [2.24, 2.45) is 11.7 Å². The molecule has 1 aliphatic heterocycles. The molecule has 3 nitrogen and oxygen atoms in total. The number of aryl methyl sites for hydroxylation is 1. The minimum absolute atomic E-state index is 0.169. The molecule has 116 valence electrons. The van der Waals surface area contributed by atoms with Crippen LogP contribution in [0.5, 0.6) is 0 Å². The van der Waals surface area contributed by atoms with E-state index in [1.54, 1.807) is 0 Å². The molecule has 1 aromatic rings. The summed E-state index contributed by atoms with van der Waals surface area (Å²) in [5, 5.41) is 0. The maximum absolute atomic E-state index is 6.65. The number of benzene rings is 1. The number of hydrogen-bond acceptors (Lipinski definition) is 3. The van der Waals surface area contributed by atoms with E-state index in [9.17, 15) is 0 Å². The Hall–Kier alpha value is -0.900. The Kier molecular flexibility index (Phi) is 4.94. The molecule has 0 aromatic heterocycles. The number of piperidine rings is 1. The molecule has 2 aliphatic rings. The van der Waals surface area contributed by atoms with Crippen LogP contribution < -0.4 is 5.73 Å². The summed E-state index contributed by atoms with van der Waals surface area (Å²) < 4.78 is 5.31. The van der Waals surface area contributed by atoms with Gasteiger partial charge in [-0.15, -0.1) is 0 Å². The molecule has 1 aliphatic carbocycles. The molecular formula is C18H28N2O. The van der Waals surface area contributed by atoms with Gasteiger partial charge in [0.05, 0.1) is 0 Å². The molecule has 1 saturated heterocycles. The molecule has 1 fully saturated rings. The first-order chi connectivity index (χ1) is 10.3. The first-order valence-electron chi connectivity index (χ1n) is 8.36. The third-order valence-electron chi connectivity index (χ3n) is 5.30. The minimum Gasteiger partial charge on any atom is -0.384 e. The number of nitrogens with two attached hydrogens (primary N) is 1. The van der Waals surface area contributed by atoms with Gasteiger partial charge < -0.3 is 10.5 Å². The predicted octanol–water partition coefficient (Wildman–Crippen LogP) is 2.75. The summed E-state index contributed by atoms with van der Waals surface area (Å²) in [5.74, 6) is 0.737. The molecule has 0 bridgehead atoms. The number of ether oxygens (including phenoxy) is 1. The molecule has 0 saturated carbocycles. The van der Waals surface area contributed by atoms with Crippen LogP contribution in [0.1, 0.15) is 42.9 Å². The Morgan fingerprint density at radius 2 is 1.95 bits per heavy atom. The standard InChI is InChI=1S/C18H28N2O/c1-21-13-14-9-11-20(12-10-14)17-8-4-6-15-5-2-3-7-16(15)18(17)19/h2-3,5,7,14,17-18H,4,6,8-13,19H2,1H3. The van der Waals surface area contributed by atoms with E-state index < -0.39 is 0 Å². The van der Waals surface area contributed by atoms with E-state index in [1.807, 2.05) is 7.11 Å². The Morgan fingerprint density at radius 3 is 2.71 bits per heavy atom. The van der Waals surface area contributed by atoms with Crippen molar-refractivity contribution in [3.8, 4) is 0 Å². The van der Waals surface area contributed by atoms with Gasteiger partial charge in [0.1, 0.15) is 0 Å². The van der Waals surface area contributed by atoms with Crippen LogP contribution in [0.4, 0.5) is 0 Å². The minimum atomic E-state index is 0.169. The molecule has 2 N–H and O–H groups in total. The summed E-state index contributed by atoms with van der Waals surface area (Å²) in [7, 11) is 1.81. The Bertz CT molecular complexity index is 454. The van der Waals surface area contributed by atoms with Gasteiger partial charge in [0.2, 0.25) is 0 Å². The van der Waals surface area contributed by atoms with Gasteiger partial charge in [-0.2, -0.15) is 0 Å². The SMILES string of the molecule is COCC1CCN(C2CCCc3ccccc3C2N)CC1. The largest absolute Gasteiger partial charge is 0.384 e. The normalized spacial score (nSPS) is 28.1. The first-order valence-corrected chi connectivity index (χ1v) is 8.36. The molecule has 0 amide bonds. The van der Waals surface area contributed by atoms with Gasteiger partial charge in [0.25, 0.3) is 0 Å². The average molecular weight is 288 g/mol. The molecule has 0 spiro atoms. The first kappa shape index (κ1) is 15.0. The zero-order chi connectivity index (χ0) is 14.7. The van der Waals surface area contributed by atoms with Crippen LogP contribution in [0, 0.1) is 5.92 Å². The maximum atomic E-state index is 6.65. The zero-order valence-electron chi connectivity index (χ0n) is 13.1. The quantitative estimate of drug-likeness (QED) is 0.869. The van der Waals surface area contributed by atoms with Gasteiger partial charge in [-0.05, 0) is 62.2 Å². The Labute approximate surface area is 128 Å². The van der Waals surface area contributed by atoms with Gasteiger partial charge in [-0.3, -0.25) is 4.90 Å². The third kappa shape index (κ3) is 3.31. The summed E-state index contributed by atoms with van der Waals surface area (Å²) in [6.45, 7) is 3.26. The number of rotatable bonds is 3. The van der Waals surface area contributed by atoms with Crippen LogP contribution in [-0.2, 0) is 11.2 Å². The van der Waals surface area contributed by atoms with Gasteiger partial charge in [-0.25, -0.2) is 0 Å². The maximum Gasteiger partial charge on any atom is 0.0491 e. The summed E-state index contributed by atoms with van der Waals surface area (Å²) in [4.78, 5) is 2.64. The highest BCUT2D eigenvalue weighted by Gasteiger charge is 2.31. The van der Waals surface area contributed by atoms with Crippen LogP contribution >= 0.6 is 0 Å². The van der Waals surface area contributed by atoms with E-state index in [0.717, 1.165) is 12.5 Å². The summed E-state index contributed by atoms with van der Waals surface area (Å²) >= 11 is 0. The number of fused-ring (bicyclic) bond motifs is 1. The number of nitrogens with zero attached hydrogens (tertiary/aromatic N) is 1. The van der Waals surface area contributed by atoms with E-state index in [0.29, 0.717) is 6.04 Å². The van der Waals surface area contributed by atoms with Gasteiger partial charge in [-0.1, -0.05) is 24.3 Å². The highest BCUT2D eigenvalue weighted by atomic mass is 16.5. The molecular weight excluding hydrogens is 260 g/mol. The fourth-order valence-electron chi connectivity index (χ4n) is 4.07. The van der Waals surface area contributed by atoms with Gasteiger partial charge in [0, 0.05) is 25.8 Å². The Morgan fingerprint density at radius 1 is 1.19 bits per heavy atom. The lowest BCUT2D eigenvalue weighted by atomic mass is 9.92. The molecule has 2 atom stereocenters. The van der Waals surface area contributed by atoms with Crippen molar-refractivity contribution in [1.82, 2.24) is 4.90 Å². The molecule has 3 heteroatoms. The summed E-state index contributed by atoms with van der Waals surface area (Å²) in [5.41, 5.74) is 9.48. The smallest absolute Gasteiger partial charge is 0.0491 e. The highest BCUT2D eigenvalue weighted by molar-refractivity contribution is 5.32. The fraction of sp³-hybridized carbons (Fsp3) is 0.667. The van der Waals surface area contributed by atoms with Crippen molar-refractivity contribution in [2.75, 3.05) is 26.8 Å². The lowest BCUT2D eigenvalue weighted by Crippen LogP contribution is -2.46. The second-order valence-electron chi connectivity index (χ2n) is 6.62. The molecule has 2 unspecified atom stereocenters. The average Bonchev–Trinajstić information content (AvgIpc) is 2.68. The number of hydrogen-bond donors (Lipinski definition) is 1. The van der Waals surface area contributed by atoms with Crippen LogP contribution in [-0.4, -0.2) is 37.7 Å². The Balaban J connectivity index is 1.69. The second kappa shape index (κ2) is 6.91. The monoisotopic (exact) mass is 288 g/mol. The second-order valence-corrected chi connectivity index (χ2v) is 6.62. The highest BCUT2D eigenvalue weighted by Crippen LogP contribution is 2.32.